The zero-order valence-corrected chi connectivity index (χ0v) is 17.1. The SMILES string of the molecule is CC(C)N1CCC(NC(=O)c2ccc(COc3ccc4ccccc4c3)o2)CC1. The number of hydrogen-bond donors (Lipinski definition) is 1. The second kappa shape index (κ2) is 8.70. The van der Waals surface area contributed by atoms with Gasteiger partial charge in [-0.1, -0.05) is 30.3 Å². The van der Waals surface area contributed by atoms with Crippen LogP contribution in [0.15, 0.2) is 59.0 Å². The Hall–Kier alpha value is -2.79. The van der Waals surface area contributed by atoms with Crippen LogP contribution in [-0.2, 0) is 6.61 Å². The van der Waals surface area contributed by atoms with Gasteiger partial charge in [-0.05, 0) is 61.7 Å². The second-order valence-electron chi connectivity index (χ2n) is 7.94. The molecule has 29 heavy (non-hydrogen) atoms. The van der Waals surface area contributed by atoms with E-state index in [1.54, 1.807) is 12.1 Å². The number of nitrogens with one attached hydrogen (secondary N) is 1. The van der Waals surface area contributed by atoms with Gasteiger partial charge in [0, 0.05) is 25.2 Å². The molecule has 4 rings (SSSR count). The summed E-state index contributed by atoms with van der Waals surface area (Å²) in [5.41, 5.74) is 0. The van der Waals surface area contributed by atoms with Gasteiger partial charge in [-0.25, -0.2) is 0 Å². The lowest BCUT2D eigenvalue weighted by atomic mass is 10.0. The van der Waals surface area contributed by atoms with E-state index in [1.807, 2.05) is 30.3 Å². The number of carbonyl (C=O) groups excluding carboxylic acids is 1. The zero-order valence-electron chi connectivity index (χ0n) is 17.1. The molecule has 1 aliphatic rings. The Labute approximate surface area is 171 Å². The smallest absolute Gasteiger partial charge is 0.287 e. The molecule has 1 aliphatic heterocycles. The van der Waals surface area contributed by atoms with Gasteiger partial charge in [-0.15, -0.1) is 0 Å². The van der Waals surface area contributed by atoms with Crippen LogP contribution in [0.25, 0.3) is 10.8 Å². The summed E-state index contributed by atoms with van der Waals surface area (Å²) >= 11 is 0. The summed E-state index contributed by atoms with van der Waals surface area (Å²) in [5.74, 6) is 1.61. The predicted molar refractivity (Wildman–Crippen MR) is 114 cm³/mol. The minimum Gasteiger partial charge on any atom is -0.486 e. The van der Waals surface area contributed by atoms with Crippen LogP contribution >= 0.6 is 0 Å². The number of benzene rings is 2. The number of ether oxygens (including phenoxy) is 1. The standard InChI is InChI=1S/C24H28N2O3/c1-17(2)26-13-11-20(12-14-26)25-24(27)23-10-9-22(29-23)16-28-21-8-7-18-5-3-4-6-19(18)15-21/h3-10,15,17,20H,11-14,16H2,1-2H3,(H,25,27). The van der Waals surface area contributed by atoms with Crippen LogP contribution in [0, 0.1) is 0 Å². The zero-order chi connectivity index (χ0) is 20.2. The van der Waals surface area contributed by atoms with E-state index in [-0.39, 0.29) is 11.9 Å². The summed E-state index contributed by atoms with van der Waals surface area (Å²) < 4.78 is 11.6. The third kappa shape index (κ3) is 4.80. The largest absolute Gasteiger partial charge is 0.486 e. The lowest BCUT2D eigenvalue weighted by Crippen LogP contribution is -2.46. The summed E-state index contributed by atoms with van der Waals surface area (Å²) in [4.78, 5) is 14.9. The first-order valence-corrected chi connectivity index (χ1v) is 10.3. The minimum atomic E-state index is -0.148. The summed E-state index contributed by atoms with van der Waals surface area (Å²) in [6.07, 6.45) is 1.95. The Morgan fingerprint density at radius 2 is 1.86 bits per heavy atom. The van der Waals surface area contributed by atoms with Crippen molar-refractivity contribution in [3.8, 4) is 5.75 Å². The van der Waals surface area contributed by atoms with Crippen molar-refractivity contribution in [2.75, 3.05) is 13.1 Å². The van der Waals surface area contributed by atoms with E-state index in [1.165, 1.54) is 5.39 Å². The fourth-order valence-corrected chi connectivity index (χ4v) is 3.81. The maximum Gasteiger partial charge on any atom is 0.287 e. The van der Waals surface area contributed by atoms with E-state index >= 15 is 0 Å². The van der Waals surface area contributed by atoms with Crippen LogP contribution < -0.4 is 10.1 Å². The number of furan rings is 1. The van der Waals surface area contributed by atoms with Crippen molar-refractivity contribution in [2.24, 2.45) is 0 Å². The van der Waals surface area contributed by atoms with Gasteiger partial charge < -0.3 is 19.4 Å². The Kier molecular flexibility index (Phi) is 5.86. The molecule has 0 unspecified atom stereocenters. The Morgan fingerprint density at radius 1 is 1.10 bits per heavy atom. The van der Waals surface area contributed by atoms with Gasteiger partial charge in [-0.3, -0.25) is 4.79 Å². The number of hydrogen-bond acceptors (Lipinski definition) is 4. The Morgan fingerprint density at radius 3 is 2.62 bits per heavy atom. The van der Waals surface area contributed by atoms with Crippen molar-refractivity contribution in [1.82, 2.24) is 10.2 Å². The van der Waals surface area contributed by atoms with Crippen molar-refractivity contribution < 1.29 is 13.9 Å². The summed E-state index contributed by atoms with van der Waals surface area (Å²) in [6, 6.07) is 18.4. The van der Waals surface area contributed by atoms with Crippen LogP contribution in [0.1, 0.15) is 43.0 Å². The molecule has 3 aromatic rings. The number of likely N-dealkylation sites (tertiary alicyclic amines) is 1. The van der Waals surface area contributed by atoms with Gasteiger partial charge in [0.1, 0.15) is 18.1 Å². The molecule has 1 fully saturated rings. The number of fused-ring (bicyclic) bond motifs is 1. The van der Waals surface area contributed by atoms with E-state index in [9.17, 15) is 4.79 Å². The maximum absolute atomic E-state index is 12.5. The topological polar surface area (TPSA) is 54.7 Å². The van der Waals surface area contributed by atoms with Crippen LogP contribution in [0.3, 0.4) is 0 Å². The van der Waals surface area contributed by atoms with Crippen LogP contribution in [0.5, 0.6) is 5.75 Å². The molecule has 5 heteroatoms. The van der Waals surface area contributed by atoms with E-state index in [4.69, 9.17) is 9.15 Å². The molecule has 0 radical (unpaired) electrons. The number of nitrogens with zero attached hydrogens (tertiary/aromatic N) is 1. The van der Waals surface area contributed by atoms with Crippen molar-refractivity contribution in [3.05, 3.63) is 66.1 Å². The highest BCUT2D eigenvalue weighted by molar-refractivity contribution is 5.91. The second-order valence-corrected chi connectivity index (χ2v) is 7.94. The number of amides is 1. The summed E-state index contributed by atoms with van der Waals surface area (Å²) in [6.45, 7) is 6.75. The molecular formula is C24H28N2O3. The molecule has 0 saturated carbocycles. The van der Waals surface area contributed by atoms with Crippen molar-refractivity contribution in [3.63, 3.8) is 0 Å². The van der Waals surface area contributed by atoms with Gasteiger partial charge in [0.2, 0.25) is 0 Å². The fourth-order valence-electron chi connectivity index (χ4n) is 3.81. The summed E-state index contributed by atoms with van der Waals surface area (Å²) in [7, 11) is 0. The van der Waals surface area contributed by atoms with E-state index in [2.05, 4.69) is 36.2 Å². The minimum absolute atomic E-state index is 0.148. The van der Waals surface area contributed by atoms with Crippen LogP contribution in [-0.4, -0.2) is 36.0 Å². The lowest BCUT2D eigenvalue weighted by molar-refractivity contribution is 0.0869. The molecule has 2 aromatic carbocycles. The molecule has 1 N–H and O–H groups in total. The average molecular weight is 392 g/mol. The van der Waals surface area contributed by atoms with E-state index < -0.39 is 0 Å². The maximum atomic E-state index is 12.5. The highest BCUT2D eigenvalue weighted by Gasteiger charge is 2.23. The Bertz CT molecular complexity index is 971. The molecule has 1 saturated heterocycles. The molecule has 1 aromatic heterocycles. The molecule has 1 amide bonds. The van der Waals surface area contributed by atoms with Crippen LogP contribution in [0.4, 0.5) is 0 Å². The van der Waals surface area contributed by atoms with E-state index in [0.717, 1.165) is 37.1 Å². The van der Waals surface area contributed by atoms with Gasteiger partial charge in [0.25, 0.3) is 5.91 Å². The predicted octanol–water partition coefficient (Wildman–Crippen LogP) is 4.61. The summed E-state index contributed by atoms with van der Waals surface area (Å²) in [5, 5.41) is 5.41. The highest BCUT2D eigenvalue weighted by atomic mass is 16.5. The fraction of sp³-hybridized carbons (Fsp3) is 0.375. The van der Waals surface area contributed by atoms with Gasteiger partial charge in [0.15, 0.2) is 5.76 Å². The molecule has 5 nitrogen and oxygen atoms in total. The number of carbonyl (C=O) groups is 1. The average Bonchev–Trinajstić information content (AvgIpc) is 3.22. The molecule has 152 valence electrons. The lowest BCUT2D eigenvalue weighted by Gasteiger charge is -2.34. The van der Waals surface area contributed by atoms with Crippen molar-refractivity contribution in [2.45, 2.75) is 45.4 Å². The third-order valence-electron chi connectivity index (χ3n) is 5.58. The molecule has 0 bridgehead atoms. The first-order valence-electron chi connectivity index (χ1n) is 10.3. The normalized spacial score (nSPS) is 15.7. The molecule has 0 aliphatic carbocycles. The Balaban J connectivity index is 1.30. The molecule has 0 atom stereocenters. The van der Waals surface area contributed by atoms with E-state index in [0.29, 0.717) is 24.2 Å². The molecule has 2 heterocycles. The quantitative estimate of drug-likeness (QED) is 0.665. The van der Waals surface area contributed by atoms with Gasteiger partial charge in [0.05, 0.1) is 0 Å². The monoisotopic (exact) mass is 392 g/mol. The third-order valence-corrected chi connectivity index (χ3v) is 5.58. The van der Waals surface area contributed by atoms with Gasteiger partial charge >= 0.3 is 0 Å². The molecule has 0 spiro atoms. The van der Waals surface area contributed by atoms with Gasteiger partial charge in [-0.2, -0.15) is 0 Å². The highest BCUT2D eigenvalue weighted by Crippen LogP contribution is 2.22. The first-order chi connectivity index (χ1) is 14.1. The first kappa shape index (κ1) is 19.5. The number of rotatable bonds is 6. The van der Waals surface area contributed by atoms with Crippen molar-refractivity contribution >= 4 is 16.7 Å². The van der Waals surface area contributed by atoms with Crippen LogP contribution in [0.2, 0.25) is 0 Å². The number of piperidine rings is 1. The van der Waals surface area contributed by atoms with Crippen molar-refractivity contribution in [1.29, 1.82) is 0 Å². The molecular weight excluding hydrogens is 364 g/mol.